The van der Waals surface area contributed by atoms with E-state index in [0.29, 0.717) is 6.07 Å². The number of halogens is 4. The van der Waals surface area contributed by atoms with E-state index in [-0.39, 0.29) is 16.0 Å². The van der Waals surface area contributed by atoms with Crippen molar-refractivity contribution >= 4 is 21.7 Å². The van der Waals surface area contributed by atoms with E-state index in [0.717, 1.165) is 6.07 Å². The van der Waals surface area contributed by atoms with Crippen LogP contribution in [0.25, 0.3) is 0 Å². The molecule has 0 aliphatic carbocycles. The van der Waals surface area contributed by atoms with Gasteiger partial charge in [0.1, 0.15) is 11.6 Å². The van der Waals surface area contributed by atoms with E-state index in [2.05, 4.69) is 20.9 Å². The van der Waals surface area contributed by atoms with Crippen LogP contribution in [0.1, 0.15) is 0 Å². The summed E-state index contributed by atoms with van der Waals surface area (Å²) >= 11 is 2.96. The average molecular weight is 334 g/mol. The number of hydrogen-bond donors (Lipinski definition) is 2. The number of anilines is 1. The molecule has 1 aromatic carbocycles. The molecule has 0 unspecified atom stereocenters. The molecule has 3 N–H and O–H groups in total. The van der Waals surface area contributed by atoms with Crippen LogP contribution in [0, 0.1) is 17.5 Å². The Balaban J connectivity index is 2.34. The highest BCUT2D eigenvalue weighted by molar-refractivity contribution is 9.10. The molecule has 0 spiro atoms. The maximum Gasteiger partial charge on any atom is 0.258 e. The number of aromatic nitrogens is 1. The van der Waals surface area contributed by atoms with E-state index < -0.39 is 23.3 Å². The van der Waals surface area contributed by atoms with Crippen LogP contribution in [0.3, 0.4) is 0 Å². The first kappa shape index (κ1) is 13.6. The van der Waals surface area contributed by atoms with Gasteiger partial charge in [0.15, 0.2) is 17.5 Å². The number of nitrogen functional groups attached to an aromatic ring is 1. The highest BCUT2D eigenvalue weighted by atomic mass is 79.9. The molecule has 0 bridgehead atoms. The zero-order valence-electron chi connectivity index (χ0n) is 9.25. The van der Waals surface area contributed by atoms with E-state index in [1.165, 1.54) is 12.1 Å². The molecule has 8 heteroatoms. The molecule has 0 aliphatic heterocycles. The van der Waals surface area contributed by atoms with Crippen molar-refractivity contribution in [1.82, 2.24) is 4.98 Å². The Kier molecular flexibility index (Phi) is 3.91. The highest BCUT2D eigenvalue weighted by Crippen LogP contribution is 2.28. The van der Waals surface area contributed by atoms with Gasteiger partial charge in [-0.1, -0.05) is 0 Å². The predicted octanol–water partition coefficient (Wildman–Crippen LogP) is 3.34. The molecular formula is C11H7BrF3N3O. The topological polar surface area (TPSA) is 60.2 Å². The van der Waals surface area contributed by atoms with Crippen molar-refractivity contribution in [1.29, 1.82) is 0 Å². The van der Waals surface area contributed by atoms with Gasteiger partial charge < -0.3 is 10.2 Å². The van der Waals surface area contributed by atoms with Crippen LogP contribution in [0.4, 0.5) is 19.0 Å². The standard InChI is InChI=1S/C11H7BrF3N3O/c12-6-3-5(1-2-7(6)13)19-11-9(15)4-8(14)10(17-11)18-16/h1-4H,16H2,(H,17,18). The quantitative estimate of drug-likeness (QED) is 0.668. The largest absolute Gasteiger partial charge is 0.436 e. The summed E-state index contributed by atoms with van der Waals surface area (Å²) < 4.78 is 44.8. The van der Waals surface area contributed by atoms with Crippen LogP contribution in [0.15, 0.2) is 28.7 Å². The van der Waals surface area contributed by atoms with E-state index in [1.807, 2.05) is 5.43 Å². The normalized spacial score (nSPS) is 10.4. The first-order valence-electron chi connectivity index (χ1n) is 4.97. The molecule has 0 amide bonds. The summed E-state index contributed by atoms with van der Waals surface area (Å²) in [5.74, 6) is 1.86. The molecule has 100 valence electrons. The summed E-state index contributed by atoms with van der Waals surface area (Å²) in [7, 11) is 0. The van der Waals surface area contributed by atoms with Gasteiger partial charge in [-0.3, -0.25) is 0 Å². The van der Waals surface area contributed by atoms with Crippen LogP contribution in [0.5, 0.6) is 11.6 Å². The van der Waals surface area contributed by atoms with Crippen LogP contribution in [0.2, 0.25) is 0 Å². The average Bonchev–Trinajstić information content (AvgIpc) is 2.37. The first-order valence-corrected chi connectivity index (χ1v) is 5.76. The van der Waals surface area contributed by atoms with Crippen molar-refractivity contribution in [2.75, 3.05) is 5.43 Å². The molecule has 19 heavy (non-hydrogen) atoms. The van der Waals surface area contributed by atoms with Crippen molar-refractivity contribution in [2.45, 2.75) is 0 Å². The fraction of sp³-hybridized carbons (Fsp3) is 0. The maximum absolute atomic E-state index is 13.5. The number of hydrogen-bond acceptors (Lipinski definition) is 4. The van der Waals surface area contributed by atoms with Gasteiger partial charge in [-0.25, -0.2) is 19.0 Å². The Morgan fingerprint density at radius 2 is 1.84 bits per heavy atom. The molecule has 0 aliphatic rings. The Morgan fingerprint density at radius 3 is 2.47 bits per heavy atom. The van der Waals surface area contributed by atoms with Gasteiger partial charge in [-0.15, -0.1) is 0 Å². The molecule has 0 saturated heterocycles. The third-order valence-electron chi connectivity index (χ3n) is 2.14. The fourth-order valence-corrected chi connectivity index (χ4v) is 1.63. The Morgan fingerprint density at radius 1 is 1.11 bits per heavy atom. The van der Waals surface area contributed by atoms with Crippen molar-refractivity contribution in [3.05, 3.63) is 46.2 Å². The number of rotatable bonds is 3. The van der Waals surface area contributed by atoms with Crippen LogP contribution >= 0.6 is 15.9 Å². The minimum atomic E-state index is -1.00. The molecule has 0 fully saturated rings. The van der Waals surface area contributed by atoms with Crippen LogP contribution in [-0.2, 0) is 0 Å². The van der Waals surface area contributed by atoms with Crippen molar-refractivity contribution in [3.63, 3.8) is 0 Å². The summed E-state index contributed by atoms with van der Waals surface area (Å²) in [6.07, 6.45) is 0. The number of nitrogens with two attached hydrogens (primary N) is 1. The Hall–Kier alpha value is -1.80. The Labute approximate surface area is 114 Å². The molecule has 0 atom stereocenters. The molecule has 2 aromatic rings. The summed E-state index contributed by atoms with van der Waals surface area (Å²) in [5, 5.41) is 0. The van der Waals surface area contributed by atoms with Crippen LogP contribution in [-0.4, -0.2) is 4.98 Å². The van der Waals surface area contributed by atoms with E-state index in [4.69, 9.17) is 10.6 Å². The fourth-order valence-electron chi connectivity index (χ4n) is 1.27. The molecule has 2 rings (SSSR count). The van der Waals surface area contributed by atoms with Crippen molar-refractivity contribution in [2.24, 2.45) is 5.84 Å². The second-order valence-corrected chi connectivity index (χ2v) is 4.28. The third-order valence-corrected chi connectivity index (χ3v) is 2.75. The van der Waals surface area contributed by atoms with Gasteiger partial charge in [0.2, 0.25) is 0 Å². The van der Waals surface area contributed by atoms with Gasteiger partial charge in [-0.2, -0.15) is 4.98 Å². The SMILES string of the molecule is NNc1nc(Oc2ccc(F)c(Br)c2)c(F)cc1F. The summed E-state index contributed by atoms with van der Waals surface area (Å²) in [4.78, 5) is 3.52. The highest BCUT2D eigenvalue weighted by Gasteiger charge is 2.13. The summed E-state index contributed by atoms with van der Waals surface area (Å²) in [6, 6.07) is 4.27. The van der Waals surface area contributed by atoms with E-state index in [9.17, 15) is 13.2 Å². The smallest absolute Gasteiger partial charge is 0.258 e. The minimum absolute atomic E-state index is 0.134. The lowest BCUT2D eigenvalue weighted by Crippen LogP contribution is -2.11. The molecule has 1 aromatic heterocycles. The van der Waals surface area contributed by atoms with Crippen molar-refractivity contribution in [3.8, 4) is 11.6 Å². The molecule has 0 radical (unpaired) electrons. The van der Waals surface area contributed by atoms with Gasteiger partial charge in [-0.05, 0) is 34.1 Å². The number of benzene rings is 1. The molecule has 0 saturated carbocycles. The second kappa shape index (κ2) is 5.45. The minimum Gasteiger partial charge on any atom is -0.436 e. The molecule has 4 nitrogen and oxygen atoms in total. The van der Waals surface area contributed by atoms with Crippen LogP contribution < -0.4 is 16.0 Å². The number of nitrogens with one attached hydrogen (secondary N) is 1. The van der Waals surface area contributed by atoms with E-state index in [1.54, 1.807) is 0 Å². The number of nitrogens with zero attached hydrogens (tertiary/aromatic N) is 1. The zero-order valence-corrected chi connectivity index (χ0v) is 10.8. The third kappa shape index (κ3) is 2.96. The van der Waals surface area contributed by atoms with Gasteiger partial charge >= 0.3 is 0 Å². The lowest BCUT2D eigenvalue weighted by Gasteiger charge is -2.08. The Bertz CT molecular complexity index is 624. The lowest BCUT2D eigenvalue weighted by atomic mass is 10.3. The summed E-state index contributed by atoms with van der Waals surface area (Å²) in [5.41, 5.74) is 1.97. The number of hydrazine groups is 1. The summed E-state index contributed by atoms with van der Waals surface area (Å²) in [6.45, 7) is 0. The van der Waals surface area contributed by atoms with Gasteiger partial charge in [0.25, 0.3) is 5.88 Å². The van der Waals surface area contributed by atoms with Gasteiger partial charge in [0, 0.05) is 6.07 Å². The second-order valence-electron chi connectivity index (χ2n) is 3.43. The molecule has 1 heterocycles. The van der Waals surface area contributed by atoms with Crippen molar-refractivity contribution < 1.29 is 17.9 Å². The maximum atomic E-state index is 13.5. The monoisotopic (exact) mass is 333 g/mol. The number of ether oxygens (including phenoxy) is 1. The lowest BCUT2D eigenvalue weighted by molar-refractivity contribution is 0.417. The predicted molar refractivity (Wildman–Crippen MR) is 66.1 cm³/mol. The van der Waals surface area contributed by atoms with Gasteiger partial charge in [0.05, 0.1) is 4.47 Å². The number of pyridine rings is 1. The first-order chi connectivity index (χ1) is 9.01. The zero-order chi connectivity index (χ0) is 14.0. The molecular weight excluding hydrogens is 327 g/mol. The van der Waals surface area contributed by atoms with E-state index >= 15 is 0 Å².